The first-order chi connectivity index (χ1) is 10.7. The second-order valence-electron chi connectivity index (χ2n) is 6.14. The van der Waals surface area contributed by atoms with Crippen LogP contribution in [0.25, 0.3) is 11.1 Å². The molecule has 2 aromatic heterocycles. The number of hydrogen-bond acceptors (Lipinski definition) is 5. The average molecular weight is 319 g/mol. The maximum Gasteiger partial charge on any atom is 0.329 e. The number of aliphatic carboxylic acids is 1. The van der Waals surface area contributed by atoms with Gasteiger partial charge in [-0.1, -0.05) is 25.9 Å². The first-order valence-corrected chi connectivity index (χ1v) is 7.52. The molecule has 0 spiro atoms. The van der Waals surface area contributed by atoms with Crippen molar-refractivity contribution in [2.24, 2.45) is 0 Å². The van der Waals surface area contributed by atoms with Crippen molar-refractivity contribution >= 4 is 23.0 Å². The van der Waals surface area contributed by atoms with E-state index in [1.54, 1.807) is 19.9 Å². The third-order valence-corrected chi connectivity index (χ3v) is 4.04. The van der Waals surface area contributed by atoms with Crippen molar-refractivity contribution in [2.45, 2.75) is 52.5 Å². The molecule has 0 aliphatic rings. The summed E-state index contributed by atoms with van der Waals surface area (Å²) in [5, 5.41) is 16.3. The van der Waals surface area contributed by atoms with E-state index >= 15 is 0 Å². The lowest BCUT2D eigenvalue weighted by Gasteiger charge is -2.24. The highest BCUT2D eigenvalue weighted by atomic mass is 16.5. The summed E-state index contributed by atoms with van der Waals surface area (Å²) in [5.74, 6) is -1.46. The molecule has 7 heteroatoms. The highest BCUT2D eigenvalue weighted by Gasteiger charge is 2.34. The Bertz CT molecular complexity index is 766. The van der Waals surface area contributed by atoms with E-state index in [2.05, 4.69) is 15.5 Å². The number of carbonyl (C=O) groups excluding carboxylic acids is 1. The molecule has 0 fully saturated rings. The number of rotatable bonds is 5. The number of nitrogens with one attached hydrogen (secondary N) is 1. The molecule has 124 valence electrons. The first kappa shape index (κ1) is 16.9. The molecule has 0 saturated heterocycles. The van der Waals surface area contributed by atoms with Crippen molar-refractivity contribution < 1.29 is 19.2 Å². The molecule has 0 aromatic carbocycles. The van der Waals surface area contributed by atoms with Crippen LogP contribution >= 0.6 is 0 Å². The maximum atomic E-state index is 12.7. The number of nitrogens with zero attached hydrogens (tertiary/aromatic N) is 2. The molecular weight excluding hydrogens is 298 g/mol. The number of fused-ring (bicyclic) bond motifs is 1. The van der Waals surface area contributed by atoms with Crippen LogP contribution in [0.4, 0.5) is 0 Å². The van der Waals surface area contributed by atoms with Crippen molar-refractivity contribution in [1.82, 2.24) is 15.5 Å². The molecule has 7 nitrogen and oxygen atoms in total. The number of carbonyl (C=O) groups is 2. The molecule has 2 N–H and O–H groups in total. The van der Waals surface area contributed by atoms with Crippen LogP contribution in [-0.4, -0.2) is 32.7 Å². The Kier molecular flexibility index (Phi) is 4.40. The number of amides is 1. The Balaban J connectivity index is 2.55. The number of carboxylic acid groups (broad SMARTS) is 1. The fourth-order valence-electron chi connectivity index (χ4n) is 2.20. The van der Waals surface area contributed by atoms with Gasteiger partial charge in [0.15, 0.2) is 0 Å². The van der Waals surface area contributed by atoms with Gasteiger partial charge in [-0.05, 0) is 32.3 Å². The summed E-state index contributed by atoms with van der Waals surface area (Å²) in [6.45, 7) is 8.81. The molecule has 0 aliphatic heterocycles. The molecule has 0 radical (unpaired) electrons. The Labute approximate surface area is 134 Å². The van der Waals surface area contributed by atoms with Crippen LogP contribution in [0.15, 0.2) is 10.6 Å². The number of hydrogen-bond donors (Lipinski definition) is 2. The Morgan fingerprint density at radius 2 is 2.09 bits per heavy atom. The topological polar surface area (TPSA) is 105 Å². The quantitative estimate of drug-likeness (QED) is 0.877. The molecule has 0 saturated carbocycles. The van der Waals surface area contributed by atoms with Crippen molar-refractivity contribution in [3.63, 3.8) is 0 Å². The minimum absolute atomic E-state index is 0.0911. The summed E-state index contributed by atoms with van der Waals surface area (Å²) in [4.78, 5) is 28.5. The van der Waals surface area contributed by atoms with Crippen LogP contribution in [0.3, 0.4) is 0 Å². The van der Waals surface area contributed by atoms with Gasteiger partial charge in [0, 0.05) is 5.69 Å². The summed E-state index contributed by atoms with van der Waals surface area (Å²) in [6, 6.07) is 1.67. The minimum atomic E-state index is -1.34. The summed E-state index contributed by atoms with van der Waals surface area (Å²) >= 11 is 0. The zero-order valence-electron chi connectivity index (χ0n) is 13.9. The zero-order valence-corrected chi connectivity index (χ0v) is 13.9. The zero-order chi connectivity index (χ0) is 17.4. The van der Waals surface area contributed by atoms with Crippen molar-refractivity contribution in [3.05, 3.63) is 23.0 Å². The van der Waals surface area contributed by atoms with E-state index in [9.17, 15) is 14.7 Å². The van der Waals surface area contributed by atoms with Gasteiger partial charge in [-0.3, -0.25) is 4.79 Å². The van der Waals surface area contributed by atoms with Crippen LogP contribution in [0, 0.1) is 6.92 Å². The van der Waals surface area contributed by atoms with Gasteiger partial charge in [0.1, 0.15) is 5.54 Å². The predicted octanol–water partition coefficient (Wildman–Crippen LogP) is 2.64. The molecule has 2 heterocycles. The van der Waals surface area contributed by atoms with Crippen LogP contribution in [0.5, 0.6) is 0 Å². The number of aryl methyl sites for hydroxylation is 1. The normalized spacial score (nSPS) is 14.0. The third-order valence-electron chi connectivity index (χ3n) is 4.04. The van der Waals surface area contributed by atoms with Crippen LogP contribution < -0.4 is 5.32 Å². The summed E-state index contributed by atoms with van der Waals surface area (Å²) in [6.07, 6.45) is 0.266. The van der Waals surface area contributed by atoms with Gasteiger partial charge in [-0.2, -0.15) is 0 Å². The molecule has 2 rings (SSSR count). The fraction of sp³-hybridized carbons (Fsp3) is 0.500. The smallest absolute Gasteiger partial charge is 0.329 e. The van der Waals surface area contributed by atoms with E-state index in [-0.39, 0.29) is 18.1 Å². The number of carboxylic acids is 1. The van der Waals surface area contributed by atoms with E-state index in [4.69, 9.17) is 4.52 Å². The van der Waals surface area contributed by atoms with Gasteiger partial charge in [0.2, 0.25) is 0 Å². The molecule has 0 aliphatic carbocycles. The van der Waals surface area contributed by atoms with E-state index < -0.39 is 17.4 Å². The Morgan fingerprint density at radius 1 is 1.43 bits per heavy atom. The summed E-state index contributed by atoms with van der Waals surface area (Å²) in [5.41, 5.74) is 0.509. The number of pyridine rings is 1. The van der Waals surface area contributed by atoms with Crippen LogP contribution in [-0.2, 0) is 4.79 Å². The molecule has 23 heavy (non-hydrogen) atoms. The highest BCUT2D eigenvalue weighted by molar-refractivity contribution is 6.07. The third kappa shape index (κ3) is 3.04. The van der Waals surface area contributed by atoms with Gasteiger partial charge < -0.3 is 14.9 Å². The minimum Gasteiger partial charge on any atom is -0.480 e. The average Bonchev–Trinajstić information content (AvgIpc) is 2.87. The molecule has 1 amide bonds. The van der Waals surface area contributed by atoms with Gasteiger partial charge in [-0.15, -0.1) is 0 Å². The summed E-state index contributed by atoms with van der Waals surface area (Å²) in [7, 11) is 0. The second kappa shape index (κ2) is 5.98. The maximum absolute atomic E-state index is 12.7. The predicted molar refractivity (Wildman–Crippen MR) is 84.4 cm³/mol. The molecule has 1 atom stereocenters. The van der Waals surface area contributed by atoms with E-state index in [1.807, 2.05) is 13.8 Å². The van der Waals surface area contributed by atoms with E-state index in [0.29, 0.717) is 22.3 Å². The lowest BCUT2D eigenvalue weighted by molar-refractivity contribution is -0.143. The Morgan fingerprint density at radius 3 is 2.61 bits per heavy atom. The molecular formula is C16H21N3O4. The van der Waals surface area contributed by atoms with Crippen LogP contribution in [0.2, 0.25) is 0 Å². The monoisotopic (exact) mass is 319 g/mol. The van der Waals surface area contributed by atoms with E-state index in [0.717, 1.165) is 0 Å². The Hall–Kier alpha value is -2.44. The van der Waals surface area contributed by atoms with Gasteiger partial charge in [0.05, 0.1) is 16.6 Å². The SMILES string of the molecule is CCC(C)(NC(=O)c1cc(C(C)C)nc2onc(C)c12)C(=O)O. The van der Waals surface area contributed by atoms with E-state index in [1.165, 1.54) is 6.92 Å². The molecule has 1 unspecified atom stereocenters. The first-order valence-electron chi connectivity index (χ1n) is 7.52. The van der Waals surface area contributed by atoms with Gasteiger partial charge in [-0.25, -0.2) is 9.78 Å². The van der Waals surface area contributed by atoms with Crippen LogP contribution in [0.1, 0.15) is 61.8 Å². The fourth-order valence-corrected chi connectivity index (χ4v) is 2.20. The lowest BCUT2D eigenvalue weighted by Crippen LogP contribution is -2.51. The number of aromatic nitrogens is 2. The molecule has 2 aromatic rings. The largest absolute Gasteiger partial charge is 0.480 e. The van der Waals surface area contributed by atoms with Gasteiger partial charge >= 0.3 is 5.97 Å². The summed E-state index contributed by atoms with van der Waals surface area (Å²) < 4.78 is 5.18. The second-order valence-corrected chi connectivity index (χ2v) is 6.14. The van der Waals surface area contributed by atoms with Crippen molar-refractivity contribution in [3.8, 4) is 0 Å². The standard InChI is InChI=1S/C16H21N3O4/c1-6-16(5,15(21)22)18-13(20)10-7-11(8(2)3)17-14-12(10)9(4)19-23-14/h7-8H,6H2,1-5H3,(H,18,20)(H,21,22). The van der Waals surface area contributed by atoms with Crippen molar-refractivity contribution in [1.29, 1.82) is 0 Å². The van der Waals surface area contributed by atoms with Gasteiger partial charge in [0.25, 0.3) is 11.6 Å². The highest BCUT2D eigenvalue weighted by Crippen LogP contribution is 2.25. The molecule has 0 bridgehead atoms. The lowest BCUT2D eigenvalue weighted by atomic mass is 9.97. The van der Waals surface area contributed by atoms with Crippen molar-refractivity contribution in [2.75, 3.05) is 0 Å².